The van der Waals surface area contributed by atoms with E-state index in [0.29, 0.717) is 59.5 Å². The quantitative estimate of drug-likeness (QED) is 0.0692. The molecule has 1 aromatic rings. The zero-order valence-electron chi connectivity index (χ0n) is 63.3. The van der Waals surface area contributed by atoms with Crippen molar-refractivity contribution in [2.75, 3.05) is 324 Å². The third-order valence-corrected chi connectivity index (χ3v) is 15.9. The number of morpholine rings is 1. The molecule has 1 aromatic carbocycles. The molecular formula is C71H142N10O15. The van der Waals surface area contributed by atoms with Crippen molar-refractivity contribution in [3.8, 4) is 0 Å². The van der Waals surface area contributed by atoms with Gasteiger partial charge in [-0.2, -0.15) is 0 Å². The maximum atomic E-state index is 11.9. The Morgan fingerprint density at radius 2 is 0.750 bits per heavy atom. The van der Waals surface area contributed by atoms with E-state index in [-0.39, 0.29) is 12.2 Å². The maximum absolute atomic E-state index is 11.9. The molecule has 5 aliphatic heterocycles. The van der Waals surface area contributed by atoms with Gasteiger partial charge in [0.2, 0.25) is 0 Å². The van der Waals surface area contributed by atoms with E-state index in [9.17, 15) is 9.59 Å². The highest BCUT2D eigenvalue weighted by molar-refractivity contribution is 5.68. The van der Waals surface area contributed by atoms with Crippen LogP contribution in [0.25, 0.3) is 0 Å². The van der Waals surface area contributed by atoms with Crippen molar-refractivity contribution in [3.05, 3.63) is 30.3 Å². The van der Waals surface area contributed by atoms with Gasteiger partial charge in [0.1, 0.15) is 11.2 Å². The number of ether oxygens (including phenoxy) is 13. The zero-order valence-corrected chi connectivity index (χ0v) is 63.3. The van der Waals surface area contributed by atoms with Crippen molar-refractivity contribution in [1.82, 2.24) is 44.1 Å². The summed E-state index contributed by atoms with van der Waals surface area (Å²) in [6.07, 6.45) is 5.79. The van der Waals surface area contributed by atoms with Crippen molar-refractivity contribution in [2.45, 2.75) is 98.7 Å². The predicted molar refractivity (Wildman–Crippen MR) is 385 cm³/mol. The molecule has 0 radical (unpaired) electrons. The van der Waals surface area contributed by atoms with Crippen molar-refractivity contribution >= 4 is 17.9 Å². The molecular weight excluding hydrogens is 1230 g/mol. The van der Waals surface area contributed by atoms with E-state index < -0.39 is 11.2 Å². The molecule has 5 aliphatic rings. The minimum Gasteiger partial charge on any atom is -0.444 e. The molecule has 96 heavy (non-hydrogen) atoms. The third-order valence-electron chi connectivity index (χ3n) is 15.9. The first kappa shape index (κ1) is 90.9. The molecule has 0 unspecified atom stereocenters. The van der Waals surface area contributed by atoms with Gasteiger partial charge in [0.15, 0.2) is 0 Å². The third kappa shape index (κ3) is 54.6. The minimum atomic E-state index is -0.414. The van der Waals surface area contributed by atoms with Crippen LogP contribution in [-0.4, -0.2) is 386 Å². The number of nitrogens with zero attached hydrogens (tertiary/aromatic N) is 9. The van der Waals surface area contributed by atoms with Crippen LogP contribution in [0.4, 0.5) is 15.3 Å². The van der Waals surface area contributed by atoms with Crippen LogP contribution < -0.4 is 5.32 Å². The summed E-state index contributed by atoms with van der Waals surface area (Å²) in [4.78, 5) is 44.3. The van der Waals surface area contributed by atoms with Gasteiger partial charge >= 0.3 is 12.2 Å². The van der Waals surface area contributed by atoms with Crippen molar-refractivity contribution in [3.63, 3.8) is 0 Å². The minimum absolute atomic E-state index is 0.183. The lowest BCUT2D eigenvalue weighted by Crippen LogP contribution is -2.50. The molecule has 5 heterocycles. The first-order valence-electron chi connectivity index (χ1n) is 36.1. The lowest BCUT2D eigenvalue weighted by molar-refractivity contribution is 0.0115. The predicted octanol–water partition coefficient (Wildman–Crippen LogP) is 6.64. The molecule has 6 rings (SSSR count). The Hall–Kier alpha value is -3.16. The van der Waals surface area contributed by atoms with E-state index in [1.807, 2.05) is 83.7 Å². The van der Waals surface area contributed by atoms with Gasteiger partial charge in [-0.05, 0) is 106 Å². The normalized spacial score (nSPS) is 17.3. The Balaban J connectivity index is 0.000000579. The van der Waals surface area contributed by atoms with Crippen LogP contribution in [-0.2, 0) is 61.6 Å². The fourth-order valence-electron chi connectivity index (χ4n) is 9.95. The molecule has 566 valence electrons. The number of methoxy groups -OCH3 is 5. The summed E-state index contributed by atoms with van der Waals surface area (Å²) >= 11 is 0. The number of unbranched alkanes of at least 4 members (excludes halogenated alkanes) is 3. The molecule has 5 saturated heterocycles. The fourth-order valence-corrected chi connectivity index (χ4v) is 9.95. The number of carbonyl (C=O) groups is 2. The number of para-hydroxylation sites is 1. The van der Waals surface area contributed by atoms with Gasteiger partial charge in [0, 0.05) is 205 Å². The summed E-state index contributed by atoms with van der Waals surface area (Å²) in [7, 11) is 10.7. The highest BCUT2D eigenvalue weighted by atomic mass is 16.6. The number of rotatable bonds is 38. The van der Waals surface area contributed by atoms with Gasteiger partial charge < -0.3 is 86.5 Å². The molecule has 1 N–H and O–H groups in total. The highest BCUT2D eigenvalue weighted by Gasteiger charge is 2.27. The number of anilines is 1. The van der Waals surface area contributed by atoms with Gasteiger partial charge in [0.05, 0.1) is 99.1 Å². The lowest BCUT2D eigenvalue weighted by Gasteiger charge is -2.35. The van der Waals surface area contributed by atoms with E-state index >= 15 is 0 Å². The van der Waals surface area contributed by atoms with Crippen LogP contribution in [0.2, 0.25) is 0 Å². The molecule has 0 atom stereocenters. The number of likely N-dealkylation sites (N-methyl/N-ethyl adjacent to an activating group) is 1. The van der Waals surface area contributed by atoms with Crippen LogP contribution >= 0.6 is 0 Å². The van der Waals surface area contributed by atoms with E-state index in [1.54, 1.807) is 40.4 Å². The Bertz CT molecular complexity index is 1850. The molecule has 25 heteroatoms. The monoisotopic (exact) mass is 1380 g/mol. The molecule has 0 bridgehead atoms. The number of amides is 2. The van der Waals surface area contributed by atoms with E-state index in [0.717, 1.165) is 170 Å². The van der Waals surface area contributed by atoms with Crippen molar-refractivity contribution in [1.29, 1.82) is 0 Å². The van der Waals surface area contributed by atoms with Gasteiger partial charge in [-0.1, -0.05) is 31.5 Å². The molecule has 0 aromatic heterocycles. The summed E-state index contributed by atoms with van der Waals surface area (Å²) < 4.78 is 67.5. The van der Waals surface area contributed by atoms with Crippen LogP contribution in [0.1, 0.15) is 87.5 Å². The Kier molecular flexibility index (Phi) is 58.4. The van der Waals surface area contributed by atoms with Gasteiger partial charge in [0.25, 0.3) is 0 Å². The van der Waals surface area contributed by atoms with Crippen molar-refractivity contribution in [2.24, 2.45) is 0 Å². The largest absolute Gasteiger partial charge is 0.444 e. The maximum Gasteiger partial charge on any atom is 0.410 e. The first-order chi connectivity index (χ1) is 46.4. The SMILES string of the molecule is CCCCN1CCN(CCOCCOC)CC1.CCOCCN1CCN(C(=O)OC(C)(C)C)CC1.COCCCCCN1CCN(C(=O)OC(C)(C)C)CC1.COCCOCCN1CCN(C)CC1.COCCOCCN1CCOCC1.COCCOCCNc1ccccc1. The van der Waals surface area contributed by atoms with Gasteiger partial charge in [-0.15, -0.1) is 0 Å². The molecule has 0 saturated carbocycles. The van der Waals surface area contributed by atoms with Crippen LogP contribution in [0.5, 0.6) is 0 Å². The number of benzene rings is 1. The fraction of sp³-hybridized carbons (Fsp3) is 0.887. The topological polar surface area (TPSA) is 195 Å². The highest BCUT2D eigenvalue weighted by Crippen LogP contribution is 2.14. The molecule has 2 amide bonds. The van der Waals surface area contributed by atoms with Gasteiger partial charge in [-0.3, -0.25) is 24.5 Å². The van der Waals surface area contributed by atoms with Crippen LogP contribution in [0, 0.1) is 0 Å². The molecule has 0 spiro atoms. The molecule has 25 nitrogen and oxygen atoms in total. The van der Waals surface area contributed by atoms with E-state index in [4.69, 9.17) is 61.6 Å². The second-order valence-corrected chi connectivity index (χ2v) is 26.2. The first-order valence-corrected chi connectivity index (χ1v) is 36.1. The van der Waals surface area contributed by atoms with Crippen molar-refractivity contribution < 1.29 is 71.2 Å². The van der Waals surface area contributed by atoms with Gasteiger partial charge in [-0.25, -0.2) is 9.59 Å². The average Bonchev–Trinajstić information content (AvgIpc) is 1.32. The van der Waals surface area contributed by atoms with Crippen LogP contribution in [0.15, 0.2) is 30.3 Å². The lowest BCUT2D eigenvalue weighted by atomic mass is 10.2. The summed E-state index contributed by atoms with van der Waals surface area (Å²) in [5.74, 6) is 0. The number of hydrogen-bond acceptors (Lipinski definition) is 23. The summed E-state index contributed by atoms with van der Waals surface area (Å²) in [6.45, 7) is 54.0. The Morgan fingerprint density at radius 1 is 0.396 bits per heavy atom. The van der Waals surface area contributed by atoms with E-state index in [2.05, 4.69) is 53.6 Å². The van der Waals surface area contributed by atoms with Crippen LogP contribution in [0.3, 0.4) is 0 Å². The number of hydrogen-bond donors (Lipinski definition) is 1. The molecule has 0 aliphatic carbocycles. The summed E-state index contributed by atoms with van der Waals surface area (Å²) in [5.41, 5.74) is 0.307. The molecule has 5 fully saturated rings. The Morgan fingerprint density at radius 3 is 1.14 bits per heavy atom. The Labute approximate surface area is 583 Å². The number of piperazine rings is 4. The van der Waals surface area contributed by atoms with E-state index in [1.165, 1.54) is 84.6 Å². The summed E-state index contributed by atoms with van der Waals surface area (Å²) in [6, 6.07) is 10.1. The second-order valence-electron chi connectivity index (χ2n) is 26.2. The second kappa shape index (κ2) is 61.7. The number of carbonyl (C=O) groups excluding carboxylic acids is 2. The number of nitrogens with one attached hydrogen (secondary N) is 1. The average molecular weight is 1380 g/mol. The zero-order chi connectivity index (χ0) is 70.6. The summed E-state index contributed by atoms with van der Waals surface area (Å²) in [5, 5.41) is 3.26. The standard InChI is InChI=1S/C15H30N2O3.C13H26N2O3.C13H28N2O2.C11H17NO2.C10H22N2O2.C9H19NO3/c1-15(2,3)20-14(18)17-11-9-16(10-12-17)8-6-5-7-13-19-4;1-5-17-11-10-14-6-8-15(9-7-14)12(16)18-13(2,3)4;1-3-4-5-14-6-8-15(9-7-14)10-11-17-13-12-16-2;1-13-9-10-14-8-7-12-11-5-3-2-4-6-11;1-11-3-5-12(6-4-11)7-8-14-10-9-13-2;1-11-8-9-13-7-4-10-2-5-12-6-3-10/h5-13H2,1-4H3;5-11H2,1-4H3;3-13H2,1-2H3;2-6,12H,7-10H2,1H3;3-10H2,1-2H3;2-9H2,1H3. The smallest absolute Gasteiger partial charge is 0.410 e.